The number of nitrogens with one attached hydrogen (secondary N) is 1. The van der Waals surface area contributed by atoms with Crippen LogP contribution in [0.1, 0.15) is 12.5 Å². The first-order chi connectivity index (χ1) is 7.98. The van der Waals surface area contributed by atoms with Gasteiger partial charge in [0, 0.05) is 0 Å². The quantitative estimate of drug-likeness (QED) is 0.786. The third-order valence-electron chi connectivity index (χ3n) is 2.60. The minimum absolute atomic E-state index is 0.101. The molecule has 0 heterocycles. The van der Waals surface area contributed by atoms with E-state index < -0.39 is 5.54 Å². The highest BCUT2D eigenvalue weighted by molar-refractivity contribution is 5.79. The van der Waals surface area contributed by atoms with Crippen molar-refractivity contribution in [3.63, 3.8) is 0 Å². The molecule has 1 rings (SSSR count). The predicted molar refractivity (Wildman–Crippen MR) is 67.6 cm³/mol. The molecule has 1 aromatic rings. The van der Waals surface area contributed by atoms with Gasteiger partial charge < -0.3 is 15.3 Å². The lowest BCUT2D eigenvalue weighted by Crippen LogP contribution is -2.49. The number of benzene rings is 1. The lowest BCUT2D eigenvalue weighted by Gasteiger charge is -2.30. The molecule has 4 nitrogen and oxygen atoms in total. The van der Waals surface area contributed by atoms with Crippen molar-refractivity contribution in [1.82, 2.24) is 10.2 Å². The number of hydrogen-bond acceptors (Lipinski definition) is 3. The first-order valence-electron chi connectivity index (χ1n) is 5.60. The van der Waals surface area contributed by atoms with Crippen molar-refractivity contribution in [1.29, 1.82) is 0 Å². The van der Waals surface area contributed by atoms with Gasteiger partial charge >= 0.3 is 0 Å². The highest BCUT2D eigenvalue weighted by atomic mass is 16.3. The molecule has 0 bridgehead atoms. The summed E-state index contributed by atoms with van der Waals surface area (Å²) in [7, 11) is 3.66. The normalized spacial score (nSPS) is 14.4. The Morgan fingerprint density at radius 2 is 1.94 bits per heavy atom. The summed E-state index contributed by atoms with van der Waals surface area (Å²) in [5, 5.41) is 12.4. The van der Waals surface area contributed by atoms with E-state index in [9.17, 15) is 9.90 Å². The van der Waals surface area contributed by atoms with Crippen LogP contribution < -0.4 is 5.32 Å². The molecule has 0 aromatic heterocycles. The van der Waals surface area contributed by atoms with Crippen LogP contribution in [-0.4, -0.2) is 43.2 Å². The fraction of sp³-hybridized carbons (Fsp3) is 0.462. The standard InChI is InChI=1S/C13H20N2O2/c1-13(10-16,11-7-5-4-6-8-11)14-12(17)9-15(2)3/h4-8,16H,9-10H2,1-3H3,(H,14,17). The lowest BCUT2D eigenvalue weighted by molar-refractivity contribution is -0.124. The molecule has 94 valence electrons. The Morgan fingerprint density at radius 3 is 2.41 bits per heavy atom. The van der Waals surface area contributed by atoms with Gasteiger partial charge in [0.2, 0.25) is 5.91 Å². The Labute approximate surface area is 102 Å². The maximum absolute atomic E-state index is 11.7. The van der Waals surface area contributed by atoms with E-state index >= 15 is 0 Å². The van der Waals surface area contributed by atoms with E-state index in [4.69, 9.17) is 0 Å². The molecule has 17 heavy (non-hydrogen) atoms. The molecule has 2 N–H and O–H groups in total. The van der Waals surface area contributed by atoms with Crippen LogP contribution in [0.15, 0.2) is 30.3 Å². The largest absolute Gasteiger partial charge is 0.394 e. The van der Waals surface area contributed by atoms with Crippen molar-refractivity contribution in [3.8, 4) is 0 Å². The second kappa shape index (κ2) is 5.80. The second-order valence-electron chi connectivity index (χ2n) is 4.64. The van der Waals surface area contributed by atoms with Crippen LogP contribution in [0.25, 0.3) is 0 Å². The lowest BCUT2D eigenvalue weighted by atomic mass is 9.93. The molecule has 0 saturated heterocycles. The van der Waals surface area contributed by atoms with Gasteiger partial charge in [-0.05, 0) is 26.6 Å². The van der Waals surface area contributed by atoms with Crippen molar-refractivity contribution in [2.24, 2.45) is 0 Å². The number of rotatable bonds is 5. The van der Waals surface area contributed by atoms with E-state index in [2.05, 4.69) is 5.32 Å². The average Bonchev–Trinajstić information content (AvgIpc) is 2.29. The Balaban J connectivity index is 2.79. The molecule has 0 radical (unpaired) electrons. The van der Waals surface area contributed by atoms with Gasteiger partial charge in [-0.3, -0.25) is 4.79 Å². The van der Waals surface area contributed by atoms with E-state index in [-0.39, 0.29) is 12.5 Å². The number of aliphatic hydroxyl groups is 1. The molecule has 1 unspecified atom stereocenters. The minimum atomic E-state index is -0.728. The topological polar surface area (TPSA) is 52.6 Å². The summed E-state index contributed by atoms with van der Waals surface area (Å²) < 4.78 is 0. The van der Waals surface area contributed by atoms with E-state index in [1.807, 2.05) is 51.4 Å². The van der Waals surface area contributed by atoms with Crippen LogP contribution in [0, 0.1) is 0 Å². The minimum Gasteiger partial charge on any atom is -0.394 e. The smallest absolute Gasteiger partial charge is 0.234 e. The fourth-order valence-corrected chi connectivity index (χ4v) is 1.64. The van der Waals surface area contributed by atoms with Crippen LogP contribution in [0.5, 0.6) is 0 Å². The summed E-state index contributed by atoms with van der Waals surface area (Å²) >= 11 is 0. The summed E-state index contributed by atoms with van der Waals surface area (Å²) in [6, 6.07) is 9.48. The van der Waals surface area contributed by atoms with Gasteiger partial charge in [0.05, 0.1) is 18.7 Å². The van der Waals surface area contributed by atoms with Crippen molar-refractivity contribution < 1.29 is 9.90 Å². The fourth-order valence-electron chi connectivity index (χ4n) is 1.64. The molecule has 1 atom stereocenters. The number of amides is 1. The van der Waals surface area contributed by atoms with E-state index in [1.165, 1.54) is 0 Å². The number of likely N-dealkylation sites (N-methyl/N-ethyl adjacent to an activating group) is 1. The Bertz CT molecular complexity index is 365. The zero-order chi connectivity index (χ0) is 12.9. The Hall–Kier alpha value is -1.39. The van der Waals surface area contributed by atoms with Crippen molar-refractivity contribution in [2.75, 3.05) is 27.2 Å². The van der Waals surface area contributed by atoms with Crippen LogP contribution >= 0.6 is 0 Å². The van der Waals surface area contributed by atoms with Crippen LogP contribution in [-0.2, 0) is 10.3 Å². The molecule has 0 fully saturated rings. The van der Waals surface area contributed by atoms with Crippen LogP contribution in [0.3, 0.4) is 0 Å². The molecular formula is C13H20N2O2. The monoisotopic (exact) mass is 236 g/mol. The van der Waals surface area contributed by atoms with Crippen molar-refractivity contribution in [2.45, 2.75) is 12.5 Å². The van der Waals surface area contributed by atoms with E-state index in [0.717, 1.165) is 5.56 Å². The van der Waals surface area contributed by atoms with Gasteiger partial charge in [-0.15, -0.1) is 0 Å². The summed E-state index contributed by atoms with van der Waals surface area (Å²) in [6.07, 6.45) is 0. The van der Waals surface area contributed by atoms with Crippen LogP contribution in [0.4, 0.5) is 0 Å². The molecule has 1 amide bonds. The number of nitrogens with zero attached hydrogens (tertiary/aromatic N) is 1. The third kappa shape index (κ3) is 3.84. The molecule has 4 heteroatoms. The van der Waals surface area contributed by atoms with Gasteiger partial charge in [-0.2, -0.15) is 0 Å². The number of carbonyl (C=O) groups is 1. The van der Waals surface area contributed by atoms with E-state index in [0.29, 0.717) is 6.54 Å². The summed E-state index contributed by atoms with van der Waals surface area (Å²) in [5.41, 5.74) is 0.170. The zero-order valence-electron chi connectivity index (χ0n) is 10.6. The molecule has 0 spiro atoms. The van der Waals surface area contributed by atoms with Gasteiger partial charge in [0.15, 0.2) is 0 Å². The van der Waals surface area contributed by atoms with Gasteiger partial charge in [-0.1, -0.05) is 30.3 Å². The average molecular weight is 236 g/mol. The third-order valence-corrected chi connectivity index (χ3v) is 2.60. The SMILES string of the molecule is CN(C)CC(=O)NC(C)(CO)c1ccccc1. The molecule has 0 aliphatic heterocycles. The zero-order valence-corrected chi connectivity index (χ0v) is 10.6. The van der Waals surface area contributed by atoms with Gasteiger partial charge in [-0.25, -0.2) is 0 Å². The summed E-state index contributed by atoms with van der Waals surface area (Å²) in [6.45, 7) is 1.99. The van der Waals surface area contributed by atoms with Gasteiger partial charge in [0.25, 0.3) is 0 Å². The predicted octanol–water partition coefficient (Wildman–Crippen LogP) is 0.572. The maximum atomic E-state index is 11.7. The molecule has 0 aliphatic rings. The molecule has 0 saturated carbocycles. The van der Waals surface area contributed by atoms with Crippen molar-refractivity contribution >= 4 is 5.91 Å². The van der Waals surface area contributed by atoms with Crippen LogP contribution in [0.2, 0.25) is 0 Å². The highest BCUT2D eigenvalue weighted by Crippen LogP contribution is 2.19. The number of carbonyl (C=O) groups excluding carboxylic acids is 1. The van der Waals surface area contributed by atoms with E-state index in [1.54, 1.807) is 4.90 Å². The molecular weight excluding hydrogens is 216 g/mol. The Kier molecular flexibility index (Phi) is 4.66. The number of aliphatic hydroxyl groups excluding tert-OH is 1. The van der Waals surface area contributed by atoms with Gasteiger partial charge in [0.1, 0.15) is 0 Å². The second-order valence-corrected chi connectivity index (χ2v) is 4.64. The molecule has 1 aromatic carbocycles. The maximum Gasteiger partial charge on any atom is 0.234 e. The van der Waals surface area contributed by atoms with Crippen molar-refractivity contribution in [3.05, 3.63) is 35.9 Å². The first kappa shape index (κ1) is 13.7. The summed E-state index contributed by atoms with van der Waals surface area (Å²) in [4.78, 5) is 13.5. The highest BCUT2D eigenvalue weighted by Gasteiger charge is 2.27. The number of hydrogen-bond donors (Lipinski definition) is 2. The summed E-state index contributed by atoms with van der Waals surface area (Å²) in [5.74, 6) is -0.101. The Morgan fingerprint density at radius 1 is 1.35 bits per heavy atom. The first-order valence-corrected chi connectivity index (χ1v) is 5.60. The molecule has 0 aliphatic carbocycles.